The largest absolute Gasteiger partial charge is 0.385 e. The first-order chi connectivity index (χ1) is 6.43. The number of rotatable bonds is 3. The van der Waals surface area contributed by atoms with Gasteiger partial charge in [0.25, 0.3) is 0 Å². The lowest BCUT2D eigenvalue weighted by atomic mass is 9.79. The fourth-order valence-corrected chi connectivity index (χ4v) is 2.08. The quantitative estimate of drug-likeness (QED) is 0.710. The molecule has 0 bridgehead atoms. The summed E-state index contributed by atoms with van der Waals surface area (Å²) in [6.07, 6.45) is 0.803. The van der Waals surface area contributed by atoms with Gasteiger partial charge in [-0.1, -0.05) is 43.6 Å². The number of aliphatic hydroxyl groups is 1. The molecule has 0 aliphatic heterocycles. The van der Waals surface area contributed by atoms with Gasteiger partial charge in [-0.2, -0.15) is 0 Å². The van der Waals surface area contributed by atoms with Crippen LogP contribution in [-0.2, 0) is 5.60 Å². The summed E-state index contributed by atoms with van der Waals surface area (Å²) < 4.78 is 0. The maximum absolute atomic E-state index is 10.3. The highest BCUT2D eigenvalue weighted by Gasteiger charge is 2.25. The summed E-state index contributed by atoms with van der Waals surface area (Å²) >= 11 is 0. The van der Waals surface area contributed by atoms with Crippen molar-refractivity contribution >= 4 is 13.3 Å². The second-order valence-electron chi connectivity index (χ2n) is 4.69. The topological polar surface area (TPSA) is 20.2 Å². The molecule has 0 saturated heterocycles. The molecule has 76 valence electrons. The van der Waals surface area contributed by atoms with E-state index in [1.54, 1.807) is 0 Å². The van der Waals surface area contributed by atoms with Crippen molar-refractivity contribution in [3.8, 4) is 0 Å². The smallest absolute Gasteiger partial charge is 0.139 e. The normalized spacial score (nSPS) is 15.5. The highest BCUT2D eigenvalue weighted by Crippen LogP contribution is 2.26. The molecule has 0 saturated carbocycles. The highest BCUT2D eigenvalue weighted by molar-refractivity contribution is 6.33. The van der Waals surface area contributed by atoms with E-state index in [1.807, 2.05) is 39.0 Å². The van der Waals surface area contributed by atoms with E-state index < -0.39 is 5.60 Å². The monoisotopic (exact) mass is 190 g/mol. The summed E-state index contributed by atoms with van der Waals surface area (Å²) in [5.41, 5.74) is 1.52. The third-order valence-electron chi connectivity index (χ3n) is 2.53. The Bertz CT molecular complexity index is 305. The molecule has 0 amide bonds. The summed E-state index contributed by atoms with van der Waals surface area (Å²) in [5.74, 6) is 0.504. The van der Waals surface area contributed by atoms with E-state index in [2.05, 4.69) is 13.8 Å². The first-order valence-electron chi connectivity index (χ1n) is 5.22. The second-order valence-corrected chi connectivity index (χ2v) is 4.69. The molecule has 1 atom stereocenters. The standard InChI is InChI=1S/C12H19BO/c1-9(2)8-12(3,14)10-6-4-5-7-11(10)13/h4-7,9,14H,8,13H2,1-3H3. The molecule has 2 heteroatoms. The Balaban J connectivity index is 2.97. The van der Waals surface area contributed by atoms with Gasteiger partial charge in [0.2, 0.25) is 0 Å². The fourth-order valence-electron chi connectivity index (χ4n) is 2.08. The minimum Gasteiger partial charge on any atom is -0.385 e. The molecule has 14 heavy (non-hydrogen) atoms. The van der Waals surface area contributed by atoms with E-state index in [4.69, 9.17) is 0 Å². The van der Waals surface area contributed by atoms with Gasteiger partial charge in [0.15, 0.2) is 0 Å². The zero-order chi connectivity index (χ0) is 10.8. The Morgan fingerprint density at radius 3 is 2.43 bits per heavy atom. The van der Waals surface area contributed by atoms with Crippen molar-refractivity contribution in [2.24, 2.45) is 5.92 Å². The van der Waals surface area contributed by atoms with Crippen LogP contribution in [0.5, 0.6) is 0 Å². The Kier molecular flexibility index (Phi) is 3.38. The van der Waals surface area contributed by atoms with Gasteiger partial charge in [-0.25, -0.2) is 0 Å². The van der Waals surface area contributed by atoms with Crippen LogP contribution in [0.4, 0.5) is 0 Å². The van der Waals surface area contributed by atoms with E-state index in [-0.39, 0.29) is 0 Å². The van der Waals surface area contributed by atoms with Crippen LogP contribution in [0.1, 0.15) is 32.8 Å². The Morgan fingerprint density at radius 2 is 1.93 bits per heavy atom. The molecule has 0 aromatic heterocycles. The van der Waals surface area contributed by atoms with E-state index in [0.717, 1.165) is 17.4 Å². The molecule has 1 aromatic rings. The molecule has 1 rings (SSSR count). The second kappa shape index (κ2) is 4.18. The van der Waals surface area contributed by atoms with Crippen LogP contribution < -0.4 is 5.46 Å². The number of hydrogen-bond donors (Lipinski definition) is 1. The highest BCUT2D eigenvalue weighted by atomic mass is 16.3. The molecular weight excluding hydrogens is 171 g/mol. The van der Waals surface area contributed by atoms with Crippen LogP contribution in [0.15, 0.2) is 24.3 Å². The third-order valence-corrected chi connectivity index (χ3v) is 2.53. The average Bonchev–Trinajstić information content (AvgIpc) is 2.02. The first kappa shape index (κ1) is 11.3. The van der Waals surface area contributed by atoms with Crippen molar-refractivity contribution < 1.29 is 5.11 Å². The molecule has 0 aliphatic rings. The summed E-state index contributed by atoms with van der Waals surface area (Å²) in [5, 5.41) is 10.3. The number of hydrogen-bond acceptors (Lipinski definition) is 1. The van der Waals surface area contributed by atoms with Gasteiger partial charge in [-0.3, -0.25) is 0 Å². The molecular formula is C12H19BO. The lowest BCUT2D eigenvalue weighted by Gasteiger charge is -2.27. The van der Waals surface area contributed by atoms with Gasteiger partial charge in [0.1, 0.15) is 7.85 Å². The zero-order valence-electron chi connectivity index (χ0n) is 9.54. The summed E-state index contributed by atoms with van der Waals surface area (Å²) in [6, 6.07) is 8.04. The van der Waals surface area contributed by atoms with E-state index in [1.165, 1.54) is 0 Å². The van der Waals surface area contributed by atoms with Gasteiger partial charge < -0.3 is 5.11 Å². The van der Waals surface area contributed by atoms with Crippen molar-refractivity contribution in [3.05, 3.63) is 29.8 Å². The summed E-state index contributed by atoms with van der Waals surface area (Å²) in [7, 11) is 2.05. The molecule has 1 aromatic carbocycles. The number of benzene rings is 1. The molecule has 1 unspecified atom stereocenters. The molecule has 1 N–H and O–H groups in total. The average molecular weight is 190 g/mol. The van der Waals surface area contributed by atoms with Gasteiger partial charge in [0, 0.05) is 0 Å². The Morgan fingerprint density at radius 1 is 1.36 bits per heavy atom. The lowest BCUT2D eigenvalue weighted by Crippen LogP contribution is -2.30. The van der Waals surface area contributed by atoms with Crippen molar-refractivity contribution in [2.75, 3.05) is 0 Å². The first-order valence-corrected chi connectivity index (χ1v) is 5.22. The third kappa shape index (κ3) is 2.61. The Hall–Kier alpha value is -0.755. The van der Waals surface area contributed by atoms with Gasteiger partial charge >= 0.3 is 0 Å². The van der Waals surface area contributed by atoms with Crippen molar-refractivity contribution in [1.29, 1.82) is 0 Å². The Labute approximate surface area is 87.6 Å². The van der Waals surface area contributed by atoms with Crippen LogP contribution >= 0.6 is 0 Å². The summed E-state index contributed by atoms with van der Waals surface area (Å²) in [4.78, 5) is 0. The van der Waals surface area contributed by atoms with Crippen LogP contribution in [0, 0.1) is 5.92 Å². The fraction of sp³-hybridized carbons (Fsp3) is 0.500. The molecule has 1 nitrogen and oxygen atoms in total. The van der Waals surface area contributed by atoms with Crippen molar-refractivity contribution in [2.45, 2.75) is 32.8 Å². The molecule has 0 heterocycles. The maximum Gasteiger partial charge on any atom is 0.139 e. The SMILES string of the molecule is Bc1ccccc1C(C)(O)CC(C)C. The van der Waals surface area contributed by atoms with Crippen LogP contribution in [0.3, 0.4) is 0 Å². The van der Waals surface area contributed by atoms with Crippen LogP contribution in [0.2, 0.25) is 0 Å². The zero-order valence-corrected chi connectivity index (χ0v) is 9.54. The molecule has 0 fully saturated rings. The maximum atomic E-state index is 10.3. The van der Waals surface area contributed by atoms with E-state index in [0.29, 0.717) is 5.92 Å². The van der Waals surface area contributed by atoms with Gasteiger partial charge in [0.05, 0.1) is 5.60 Å². The predicted octanol–water partition coefficient (Wildman–Crippen LogP) is 1.20. The lowest BCUT2D eigenvalue weighted by molar-refractivity contribution is 0.0359. The van der Waals surface area contributed by atoms with Crippen molar-refractivity contribution in [1.82, 2.24) is 0 Å². The minimum absolute atomic E-state index is 0.504. The van der Waals surface area contributed by atoms with Crippen molar-refractivity contribution in [3.63, 3.8) is 0 Å². The van der Waals surface area contributed by atoms with Crippen LogP contribution in [-0.4, -0.2) is 13.0 Å². The van der Waals surface area contributed by atoms with E-state index >= 15 is 0 Å². The van der Waals surface area contributed by atoms with Gasteiger partial charge in [-0.15, -0.1) is 0 Å². The predicted molar refractivity (Wildman–Crippen MR) is 63.6 cm³/mol. The molecule has 0 radical (unpaired) electrons. The minimum atomic E-state index is -0.695. The molecule has 0 spiro atoms. The van der Waals surface area contributed by atoms with E-state index in [9.17, 15) is 5.11 Å². The van der Waals surface area contributed by atoms with Gasteiger partial charge in [-0.05, 0) is 24.8 Å². The molecule has 0 aliphatic carbocycles. The summed E-state index contributed by atoms with van der Waals surface area (Å²) in [6.45, 7) is 6.16. The van der Waals surface area contributed by atoms with Crippen LogP contribution in [0.25, 0.3) is 0 Å².